The maximum atomic E-state index is 12.5. The van der Waals surface area contributed by atoms with Gasteiger partial charge in [-0.1, -0.05) is 12.1 Å². The van der Waals surface area contributed by atoms with Crippen LogP contribution in [-0.4, -0.2) is 50.3 Å². The minimum absolute atomic E-state index is 0.0430. The van der Waals surface area contributed by atoms with Crippen molar-refractivity contribution < 1.29 is 33.8 Å². The van der Waals surface area contributed by atoms with Gasteiger partial charge in [0, 0.05) is 23.5 Å². The van der Waals surface area contributed by atoms with Gasteiger partial charge in [-0.25, -0.2) is 9.59 Å². The molecule has 0 bridgehead atoms. The first-order valence-corrected chi connectivity index (χ1v) is 9.21. The number of dihydropyridines is 1. The first-order chi connectivity index (χ1) is 14.7. The van der Waals surface area contributed by atoms with Crippen LogP contribution >= 0.6 is 0 Å². The number of methoxy groups -OCH3 is 2. The summed E-state index contributed by atoms with van der Waals surface area (Å²) < 4.78 is 9.81. The predicted octanol–water partition coefficient (Wildman–Crippen LogP) is 1.21. The summed E-state index contributed by atoms with van der Waals surface area (Å²) >= 11 is 0. The average Bonchev–Trinajstić information content (AvgIpc) is 2.75. The van der Waals surface area contributed by atoms with Gasteiger partial charge >= 0.3 is 11.9 Å². The Morgan fingerprint density at radius 3 is 2.00 bits per heavy atom. The molecule has 2 N–H and O–H groups in total. The van der Waals surface area contributed by atoms with Gasteiger partial charge in [-0.15, -0.1) is 10.1 Å². The summed E-state index contributed by atoms with van der Waals surface area (Å²) in [5, 5.41) is 14.7. The van der Waals surface area contributed by atoms with E-state index in [9.17, 15) is 24.5 Å². The molecule has 1 aliphatic heterocycles. The molecule has 0 aliphatic carbocycles. The van der Waals surface area contributed by atoms with Crippen LogP contribution in [0.2, 0.25) is 0 Å². The largest absolute Gasteiger partial charge is 0.466 e. The van der Waals surface area contributed by atoms with E-state index in [0.29, 0.717) is 22.5 Å². The molecular formula is C20H23N3O8. The molecule has 1 amide bonds. The Bertz CT molecular complexity index is 912. The van der Waals surface area contributed by atoms with Gasteiger partial charge in [-0.05, 0) is 31.5 Å². The van der Waals surface area contributed by atoms with Crippen molar-refractivity contribution in [2.75, 3.05) is 27.4 Å². The SMILES string of the molecule is COC(=O)C1=C(C)NC(C)=C(C(=O)OC)C1c1ccc(C(=O)NCCO[N+](=O)[O-])cc1. The van der Waals surface area contributed by atoms with Crippen LogP contribution in [0.5, 0.6) is 0 Å². The van der Waals surface area contributed by atoms with Gasteiger partial charge < -0.3 is 24.9 Å². The van der Waals surface area contributed by atoms with Crippen molar-refractivity contribution in [1.82, 2.24) is 10.6 Å². The Labute approximate surface area is 178 Å². The van der Waals surface area contributed by atoms with E-state index < -0.39 is 28.9 Å². The zero-order valence-corrected chi connectivity index (χ0v) is 17.5. The van der Waals surface area contributed by atoms with Gasteiger partial charge in [0.25, 0.3) is 11.0 Å². The molecule has 0 saturated carbocycles. The Kier molecular flexibility index (Phi) is 7.72. The number of carbonyl (C=O) groups is 3. The number of hydrogen-bond donors (Lipinski definition) is 2. The van der Waals surface area contributed by atoms with Crippen LogP contribution in [0, 0.1) is 10.1 Å². The summed E-state index contributed by atoms with van der Waals surface area (Å²) in [6.07, 6.45) is 0. The Morgan fingerprint density at radius 1 is 1.03 bits per heavy atom. The maximum absolute atomic E-state index is 12.5. The van der Waals surface area contributed by atoms with E-state index in [4.69, 9.17) is 9.47 Å². The van der Waals surface area contributed by atoms with Crippen LogP contribution in [0.4, 0.5) is 0 Å². The normalized spacial score (nSPS) is 13.9. The fraction of sp³-hybridized carbons (Fsp3) is 0.350. The monoisotopic (exact) mass is 433 g/mol. The summed E-state index contributed by atoms with van der Waals surface area (Å²) in [6.45, 7) is 3.08. The van der Waals surface area contributed by atoms with E-state index in [1.807, 2.05) is 0 Å². The number of allylic oxidation sites excluding steroid dienone is 2. The van der Waals surface area contributed by atoms with Gasteiger partial charge in [0.2, 0.25) is 0 Å². The quantitative estimate of drug-likeness (QED) is 0.267. The van der Waals surface area contributed by atoms with Crippen molar-refractivity contribution >= 4 is 17.8 Å². The molecular weight excluding hydrogens is 410 g/mol. The fourth-order valence-corrected chi connectivity index (χ4v) is 3.30. The lowest BCUT2D eigenvalue weighted by atomic mass is 9.80. The van der Waals surface area contributed by atoms with Gasteiger partial charge in [0.15, 0.2) is 0 Å². The molecule has 1 aromatic carbocycles. The van der Waals surface area contributed by atoms with Crippen molar-refractivity contribution in [1.29, 1.82) is 0 Å². The molecule has 0 aromatic heterocycles. The third kappa shape index (κ3) is 5.38. The van der Waals surface area contributed by atoms with Crippen molar-refractivity contribution in [2.24, 2.45) is 0 Å². The highest BCUT2D eigenvalue weighted by atomic mass is 16.9. The lowest BCUT2D eigenvalue weighted by Gasteiger charge is -2.30. The molecule has 166 valence electrons. The van der Waals surface area contributed by atoms with E-state index in [2.05, 4.69) is 15.5 Å². The van der Waals surface area contributed by atoms with Crippen molar-refractivity contribution in [3.8, 4) is 0 Å². The first kappa shape index (κ1) is 23.4. The minimum atomic E-state index is -0.942. The number of benzene rings is 1. The molecule has 11 nitrogen and oxygen atoms in total. The Hall–Kier alpha value is -3.89. The van der Waals surface area contributed by atoms with E-state index in [1.54, 1.807) is 26.0 Å². The van der Waals surface area contributed by atoms with E-state index >= 15 is 0 Å². The summed E-state index contributed by atoms with van der Waals surface area (Å²) in [5.41, 5.74) is 2.45. The molecule has 11 heteroatoms. The van der Waals surface area contributed by atoms with Crippen LogP contribution in [0.15, 0.2) is 46.8 Å². The van der Waals surface area contributed by atoms with Crippen LogP contribution in [0.25, 0.3) is 0 Å². The summed E-state index contributed by atoms with van der Waals surface area (Å²) in [7, 11) is 2.50. The lowest BCUT2D eigenvalue weighted by Crippen LogP contribution is -2.32. The molecule has 31 heavy (non-hydrogen) atoms. The molecule has 1 aromatic rings. The number of nitrogens with zero attached hydrogens (tertiary/aromatic N) is 1. The van der Waals surface area contributed by atoms with Gasteiger partial charge in [-0.3, -0.25) is 4.79 Å². The van der Waals surface area contributed by atoms with Crippen molar-refractivity contribution in [2.45, 2.75) is 19.8 Å². The highest BCUT2D eigenvalue weighted by molar-refractivity contribution is 6.00. The van der Waals surface area contributed by atoms with E-state index in [0.717, 1.165) is 0 Å². The summed E-state index contributed by atoms with van der Waals surface area (Å²) in [6, 6.07) is 6.28. The standard InChI is InChI=1S/C20H23N3O8/c1-11-15(19(25)29-3)17(16(12(2)22-11)20(26)30-4)13-5-7-14(8-6-13)18(24)21-9-10-31-23(27)28/h5-8,17,22H,9-10H2,1-4H3,(H,21,24). The third-order valence-corrected chi connectivity index (χ3v) is 4.66. The zero-order chi connectivity index (χ0) is 23.1. The Morgan fingerprint density at radius 2 is 1.55 bits per heavy atom. The molecule has 0 spiro atoms. The smallest absolute Gasteiger partial charge is 0.336 e. The topological polar surface area (TPSA) is 146 Å². The molecule has 2 rings (SSSR count). The number of ether oxygens (including phenoxy) is 2. The minimum Gasteiger partial charge on any atom is -0.466 e. The second kappa shape index (κ2) is 10.2. The second-order valence-corrected chi connectivity index (χ2v) is 6.55. The molecule has 0 atom stereocenters. The lowest BCUT2D eigenvalue weighted by molar-refractivity contribution is -0.757. The average molecular weight is 433 g/mol. The van der Waals surface area contributed by atoms with E-state index in [1.165, 1.54) is 26.4 Å². The number of nitrogens with one attached hydrogen (secondary N) is 2. The van der Waals surface area contributed by atoms with Gasteiger partial charge in [0.1, 0.15) is 6.61 Å². The Balaban J connectivity index is 2.34. The molecule has 0 unspecified atom stereocenters. The summed E-state index contributed by atoms with van der Waals surface area (Å²) in [5.74, 6) is -2.41. The van der Waals surface area contributed by atoms with Gasteiger partial charge in [0.05, 0.1) is 31.3 Å². The highest BCUT2D eigenvalue weighted by Gasteiger charge is 2.37. The van der Waals surface area contributed by atoms with Crippen molar-refractivity contribution in [3.63, 3.8) is 0 Å². The van der Waals surface area contributed by atoms with Gasteiger partial charge in [-0.2, -0.15) is 0 Å². The van der Waals surface area contributed by atoms with Crippen LogP contribution in [0.3, 0.4) is 0 Å². The number of rotatable bonds is 8. The number of carbonyl (C=O) groups excluding carboxylic acids is 3. The predicted molar refractivity (Wildman–Crippen MR) is 107 cm³/mol. The molecule has 0 radical (unpaired) electrons. The fourth-order valence-electron chi connectivity index (χ4n) is 3.30. The van der Waals surface area contributed by atoms with Crippen LogP contribution in [0.1, 0.15) is 35.7 Å². The third-order valence-electron chi connectivity index (χ3n) is 4.66. The van der Waals surface area contributed by atoms with Crippen LogP contribution in [-0.2, 0) is 23.9 Å². The van der Waals surface area contributed by atoms with Crippen LogP contribution < -0.4 is 10.6 Å². The van der Waals surface area contributed by atoms with E-state index in [-0.39, 0.29) is 24.3 Å². The molecule has 0 fully saturated rings. The summed E-state index contributed by atoms with van der Waals surface area (Å²) in [4.78, 5) is 51.4. The second-order valence-electron chi connectivity index (χ2n) is 6.55. The highest BCUT2D eigenvalue weighted by Crippen LogP contribution is 2.39. The number of hydrogen-bond acceptors (Lipinski definition) is 9. The van der Waals surface area contributed by atoms with Crippen molar-refractivity contribution in [3.05, 3.63) is 68.0 Å². The maximum Gasteiger partial charge on any atom is 0.336 e. The number of esters is 2. The molecule has 1 aliphatic rings. The first-order valence-electron chi connectivity index (χ1n) is 9.21. The molecule has 0 saturated heterocycles. The zero-order valence-electron chi connectivity index (χ0n) is 17.5. The number of amides is 1. The molecule has 1 heterocycles.